The molecule has 1 aliphatic rings. The summed E-state index contributed by atoms with van der Waals surface area (Å²) in [7, 11) is 0. The molecule has 2 aromatic carbocycles. The van der Waals surface area contributed by atoms with Gasteiger partial charge in [0.2, 0.25) is 0 Å². The highest BCUT2D eigenvalue weighted by molar-refractivity contribution is 5.33. The summed E-state index contributed by atoms with van der Waals surface area (Å²) in [5.74, 6) is 2.00. The minimum Gasteiger partial charge on any atom is -0.508 e. The van der Waals surface area contributed by atoms with Gasteiger partial charge in [-0.05, 0) is 84.7 Å². The molecule has 2 aromatic rings. The van der Waals surface area contributed by atoms with Crippen LogP contribution in [0.15, 0.2) is 48.5 Å². The van der Waals surface area contributed by atoms with Crippen LogP contribution in [0.3, 0.4) is 0 Å². The lowest BCUT2D eigenvalue weighted by atomic mass is 9.62. The SMILES string of the molecule is CCCCC(C)(c1ccc(O)cc1)C1CCC(c2ccc(O)cc2)CC1. The molecule has 0 heterocycles. The van der Waals surface area contributed by atoms with Crippen LogP contribution in [0.5, 0.6) is 11.5 Å². The minimum atomic E-state index is 0.184. The molecule has 0 amide bonds. The summed E-state index contributed by atoms with van der Waals surface area (Å²) in [4.78, 5) is 0. The van der Waals surface area contributed by atoms with Gasteiger partial charge in [0.15, 0.2) is 0 Å². The predicted octanol–water partition coefficient (Wildman–Crippen LogP) is 6.52. The molecule has 1 atom stereocenters. The second-order valence-corrected chi connectivity index (χ2v) is 8.21. The molecule has 0 radical (unpaired) electrons. The Hall–Kier alpha value is -1.96. The van der Waals surface area contributed by atoms with E-state index < -0.39 is 0 Å². The zero-order chi connectivity index (χ0) is 18.6. The Morgan fingerprint density at radius 1 is 0.846 bits per heavy atom. The number of unbranched alkanes of at least 4 members (excludes halogenated alkanes) is 1. The normalized spacial score (nSPS) is 22.7. The maximum absolute atomic E-state index is 9.67. The second-order valence-electron chi connectivity index (χ2n) is 8.21. The van der Waals surface area contributed by atoms with E-state index >= 15 is 0 Å². The third-order valence-corrected chi connectivity index (χ3v) is 6.57. The summed E-state index contributed by atoms with van der Waals surface area (Å²) in [6.45, 7) is 4.69. The molecule has 0 aliphatic heterocycles. The van der Waals surface area contributed by atoms with Crippen LogP contribution < -0.4 is 0 Å². The highest BCUT2D eigenvalue weighted by Gasteiger charge is 2.37. The first-order valence-electron chi connectivity index (χ1n) is 10.1. The summed E-state index contributed by atoms with van der Waals surface area (Å²) in [5, 5.41) is 19.2. The zero-order valence-electron chi connectivity index (χ0n) is 16.1. The van der Waals surface area contributed by atoms with Crippen LogP contribution in [0.2, 0.25) is 0 Å². The van der Waals surface area contributed by atoms with E-state index in [4.69, 9.17) is 0 Å². The van der Waals surface area contributed by atoms with Gasteiger partial charge in [-0.2, -0.15) is 0 Å². The molecule has 2 nitrogen and oxygen atoms in total. The van der Waals surface area contributed by atoms with Crippen LogP contribution in [0.25, 0.3) is 0 Å². The van der Waals surface area contributed by atoms with Crippen molar-refractivity contribution in [1.82, 2.24) is 0 Å². The standard InChI is InChI=1S/C24H32O2/c1-3-4-17-24(2,21-11-15-23(26)16-12-21)20-9-5-18(6-10-20)19-7-13-22(25)14-8-19/h7-8,11-16,18,20,25-26H,3-6,9-10,17H2,1-2H3. The van der Waals surface area contributed by atoms with E-state index in [1.807, 2.05) is 24.3 Å². The quantitative estimate of drug-likeness (QED) is 0.621. The van der Waals surface area contributed by atoms with Gasteiger partial charge in [-0.1, -0.05) is 51.0 Å². The largest absolute Gasteiger partial charge is 0.508 e. The fourth-order valence-electron chi connectivity index (χ4n) is 4.78. The van der Waals surface area contributed by atoms with E-state index in [0.29, 0.717) is 23.3 Å². The monoisotopic (exact) mass is 352 g/mol. The van der Waals surface area contributed by atoms with Crippen molar-refractivity contribution in [2.24, 2.45) is 5.92 Å². The van der Waals surface area contributed by atoms with Crippen molar-refractivity contribution < 1.29 is 10.2 Å². The van der Waals surface area contributed by atoms with Crippen LogP contribution in [-0.4, -0.2) is 10.2 Å². The molecule has 3 rings (SSSR count). The van der Waals surface area contributed by atoms with Gasteiger partial charge in [-0.3, -0.25) is 0 Å². The third kappa shape index (κ3) is 4.06. The van der Waals surface area contributed by atoms with Crippen molar-refractivity contribution in [2.45, 2.75) is 70.1 Å². The first-order chi connectivity index (χ1) is 12.5. The van der Waals surface area contributed by atoms with Gasteiger partial charge in [-0.15, -0.1) is 0 Å². The van der Waals surface area contributed by atoms with E-state index in [1.54, 1.807) is 0 Å². The third-order valence-electron chi connectivity index (χ3n) is 6.57. The average molecular weight is 353 g/mol. The Balaban J connectivity index is 1.74. The van der Waals surface area contributed by atoms with Crippen LogP contribution in [0.4, 0.5) is 0 Å². The van der Waals surface area contributed by atoms with Gasteiger partial charge in [0.1, 0.15) is 11.5 Å². The molecule has 0 spiro atoms. The number of rotatable bonds is 6. The van der Waals surface area contributed by atoms with Crippen LogP contribution in [0.1, 0.15) is 75.8 Å². The fourth-order valence-corrected chi connectivity index (χ4v) is 4.78. The molecule has 0 bridgehead atoms. The van der Waals surface area contributed by atoms with E-state index in [1.165, 1.54) is 56.1 Å². The highest BCUT2D eigenvalue weighted by atomic mass is 16.3. The Morgan fingerprint density at radius 3 is 1.92 bits per heavy atom. The summed E-state index contributed by atoms with van der Waals surface area (Å²) >= 11 is 0. The Bertz CT molecular complexity index is 681. The van der Waals surface area contributed by atoms with Crippen molar-refractivity contribution >= 4 is 0 Å². The number of hydrogen-bond donors (Lipinski definition) is 2. The molecule has 1 aliphatic carbocycles. The lowest BCUT2D eigenvalue weighted by molar-refractivity contribution is 0.190. The van der Waals surface area contributed by atoms with Gasteiger partial charge in [0.25, 0.3) is 0 Å². The number of hydrogen-bond acceptors (Lipinski definition) is 2. The van der Waals surface area contributed by atoms with Gasteiger partial charge < -0.3 is 10.2 Å². The zero-order valence-corrected chi connectivity index (χ0v) is 16.1. The van der Waals surface area contributed by atoms with E-state index in [0.717, 1.165) is 0 Å². The minimum absolute atomic E-state index is 0.184. The molecular formula is C24H32O2. The van der Waals surface area contributed by atoms with E-state index in [9.17, 15) is 10.2 Å². The maximum atomic E-state index is 9.67. The molecule has 2 heteroatoms. The van der Waals surface area contributed by atoms with Crippen LogP contribution in [0, 0.1) is 5.92 Å². The Kier molecular flexibility index (Phi) is 5.90. The highest BCUT2D eigenvalue weighted by Crippen LogP contribution is 2.47. The summed E-state index contributed by atoms with van der Waals surface area (Å²) < 4.78 is 0. The Labute approximate surface area is 157 Å². The van der Waals surface area contributed by atoms with Crippen molar-refractivity contribution in [2.75, 3.05) is 0 Å². The molecule has 0 aromatic heterocycles. The molecular weight excluding hydrogens is 320 g/mol. The van der Waals surface area contributed by atoms with E-state index in [2.05, 4.69) is 38.1 Å². The number of phenolic OH excluding ortho intramolecular Hbond substituents is 2. The van der Waals surface area contributed by atoms with Gasteiger partial charge in [0.05, 0.1) is 0 Å². The lowest BCUT2D eigenvalue weighted by Crippen LogP contribution is -2.34. The summed E-state index contributed by atoms with van der Waals surface area (Å²) in [6.07, 6.45) is 8.60. The smallest absolute Gasteiger partial charge is 0.115 e. The number of benzene rings is 2. The van der Waals surface area contributed by atoms with Crippen molar-refractivity contribution in [3.63, 3.8) is 0 Å². The van der Waals surface area contributed by atoms with Crippen molar-refractivity contribution in [3.05, 3.63) is 59.7 Å². The topological polar surface area (TPSA) is 40.5 Å². The second kappa shape index (κ2) is 8.16. The maximum Gasteiger partial charge on any atom is 0.115 e. The molecule has 140 valence electrons. The molecule has 26 heavy (non-hydrogen) atoms. The van der Waals surface area contributed by atoms with Crippen molar-refractivity contribution in [3.8, 4) is 11.5 Å². The van der Waals surface area contributed by atoms with Gasteiger partial charge in [-0.25, -0.2) is 0 Å². The number of aromatic hydroxyl groups is 2. The average Bonchev–Trinajstić information content (AvgIpc) is 2.67. The molecule has 1 saturated carbocycles. The molecule has 1 unspecified atom stereocenters. The first-order valence-corrected chi connectivity index (χ1v) is 10.1. The number of phenols is 2. The predicted molar refractivity (Wildman–Crippen MR) is 108 cm³/mol. The van der Waals surface area contributed by atoms with Gasteiger partial charge in [0, 0.05) is 0 Å². The molecule has 2 N–H and O–H groups in total. The van der Waals surface area contributed by atoms with E-state index in [-0.39, 0.29) is 5.41 Å². The Morgan fingerprint density at radius 2 is 1.38 bits per heavy atom. The first kappa shape index (κ1) is 18.8. The van der Waals surface area contributed by atoms with Crippen LogP contribution in [-0.2, 0) is 5.41 Å². The van der Waals surface area contributed by atoms with Gasteiger partial charge >= 0.3 is 0 Å². The summed E-state index contributed by atoms with van der Waals surface area (Å²) in [6, 6.07) is 15.7. The molecule has 1 fully saturated rings. The fraction of sp³-hybridized carbons (Fsp3) is 0.500. The summed E-state index contributed by atoms with van der Waals surface area (Å²) in [5.41, 5.74) is 2.92. The van der Waals surface area contributed by atoms with Crippen LogP contribution >= 0.6 is 0 Å². The molecule has 0 saturated heterocycles. The van der Waals surface area contributed by atoms with Crippen molar-refractivity contribution in [1.29, 1.82) is 0 Å². The lowest BCUT2D eigenvalue weighted by Gasteiger charge is -2.42.